The Hall–Kier alpha value is 0.130. The summed E-state index contributed by atoms with van der Waals surface area (Å²) in [5.74, 6) is 1.70. The van der Waals surface area contributed by atoms with Gasteiger partial charge >= 0.3 is 0 Å². The fraction of sp³-hybridized carbons (Fsp3) is 1.00. The van der Waals surface area contributed by atoms with E-state index in [-0.39, 0.29) is 0 Å². The maximum Gasteiger partial charge on any atom is 0.110 e. The summed E-state index contributed by atoms with van der Waals surface area (Å²) in [5, 5.41) is 0. The molecule has 0 N–H and O–H groups in total. The van der Waals surface area contributed by atoms with Crippen LogP contribution in [0.25, 0.3) is 0 Å². The molecule has 2 aliphatic rings. The molecule has 2 saturated heterocycles. The summed E-state index contributed by atoms with van der Waals surface area (Å²) >= 11 is 0. The molecule has 0 amide bonds. The van der Waals surface area contributed by atoms with Gasteiger partial charge in [0.15, 0.2) is 0 Å². The topological polar surface area (TPSA) is 0 Å². The van der Waals surface area contributed by atoms with E-state index in [0.717, 1.165) is 25.0 Å². The Kier molecular flexibility index (Phi) is 4.70. The Morgan fingerprint density at radius 3 is 2.00 bits per heavy atom. The van der Waals surface area contributed by atoms with E-state index in [2.05, 4.69) is 55.4 Å². The van der Waals surface area contributed by atoms with Crippen LogP contribution in [0.2, 0.25) is 25.3 Å². The molecule has 2 heterocycles. The highest BCUT2D eigenvalue weighted by atomic mass is 14.5. The van der Waals surface area contributed by atoms with Gasteiger partial charge in [-0.2, -0.15) is 0 Å². The molecule has 2 fully saturated rings. The van der Waals surface area contributed by atoms with Crippen molar-refractivity contribution in [3.05, 3.63) is 0 Å². The van der Waals surface area contributed by atoms with Crippen LogP contribution in [-0.4, -0.2) is 13.2 Å². The van der Waals surface area contributed by atoms with Crippen molar-refractivity contribution in [1.29, 1.82) is 0 Å². The van der Waals surface area contributed by atoms with Crippen LogP contribution in [0.4, 0.5) is 0 Å². The summed E-state index contributed by atoms with van der Waals surface area (Å²) < 4.78 is 0. The maximum absolute atomic E-state index is 2.62. The van der Waals surface area contributed by atoms with E-state index in [4.69, 9.17) is 0 Å². The maximum atomic E-state index is 2.62. The van der Waals surface area contributed by atoms with Crippen LogP contribution in [0.3, 0.4) is 0 Å². The Morgan fingerprint density at radius 1 is 0.905 bits per heavy atom. The van der Waals surface area contributed by atoms with Gasteiger partial charge in [0.2, 0.25) is 0 Å². The van der Waals surface area contributed by atoms with E-state index < -0.39 is 0 Å². The zero-order chi connectivity index (χ0) is 16.1. The van der Waals surface area contributed by atoms with E-state index in [9.17, 15) is 0 Å². The first kappa shape index (κ1) is 17.5. The van der Waals surface area contributed by atoms with Gasteiger partial charge < -0.3 is 0 Å². The van der Waals surface area contributed by atoms with E-state index >= 15 is 0 Å². The largest absolute Gasteiger partial charge is 0.110 e. The first-order valence-corrected chi connectivity index (χ1v) is 9.52. The lowest BCUT2D eigenvalue weighted by Crippen LogP contribution is -2.38. The van der Waals surface area contributed by atoms with Crippen LogP contribution < -0.4 is 0 Å². The normalized spacial score (nSPS) is 34.3. The summed E-state index contributed by atoms with van der Waals surface area (Å²) in [5.41, 5.74) is 1.64. The highest BCUT2D eigenvalue weighted by molar-refractivity contribution is 7.23. The number of hydrogen-bond donors (Lipinski definition) is 0. The summed E-state index contributed by atoms with van der Waals surface area (Å²) in [6, 6.07) is 0. The predicted molar refractivity (Wildman–Crippen MR) is 99.6 cm³/mol. The van der Waals surface area contributed by atoms with Gasteiger partial charge in [-0.05, 0) is 28.1 Å². The van der Waals surface area contributed by atoms with Crippen LogP contribution >= 0.6 is 0 Å². The first-order chi connectivity index (χ1) is 9.52. The van der Waals surface area contributed by atoms with Crippen LogP contribution in [0.1, 0.15) is 68.2 Å². The van der Waals surface area contributed by atoms with Crippen LogP contribution in [0.5, 0.6) is 0 Å². The molecule has 120 valence electrons. The summed E-state index contributed by atoms with van der Waals surface area (Å²) in [6.07, 6.45) is 8.68. The molecule has 0 bridgehead atoms. The SMILES string of the molecule is CCC(C)C(C)C1(C)CB(B2CCC(C)(C)C2)CC1(C)C. The summed E-state index contributed by atoms with van der Waals surface area (Å²) in [7, 11) is 0. The average Bonchev–Trinajstić information content (AvgIpc) is 2.86. The molecular formula is C19H38B2. The van der Waals surface area contributed by atoms with Crippen molar-refractivity contribution in [2.24, 2.45) is 28.1 Å². The molecule has 2 heteroatoms. The molecule has 2 aliphatic heterocycles. The van der Waals surface area contributed by atoms with Gasteiger partial charge in [-0.3, -0.25) is 0 Å². The van der Waals surface area contributed by atoms with Crippen molar-refractivity contribution in [2.45, 2.75) is 93.5 Å². The van der Waals surface area contributed by atoms with E-state index in [1.54, 1.807) is 0 Å². The Balaban J connectivity index is 2.15. The molecule has 0 aromatic carbocycles. The lowest BCUT2D eigenvalue weighted by Gasteiger charge is -2.46. The van der Waals surface area contributed by atoms with E-state index in [1.807, 2.05) is 0 Å². The standard InChI is InChI=1S/C19H38B2/c1-9-15(2)16(3)19(8)14-21(13-18(19,6)7)20-11-10-17(4,5)12-20/h15-16H,9-14H2,1-8H3. The lowest BCUT2D eigenvalue weighted by atomic mass is 9.06. The average molecular weight is 288 g/mol. The molecule has 21 heavy (non-hydrogen) atoms. The van der Waals surface area contributed by atoms with E-state index in [0.29, 0.717) is 16.2 Å². The molecule has 2 rings (SSSR count). The Labute approximate surface area is 135 Å². The second kappa shape index (κ2) is 5.64. The number of rotatable bonds is 4. The molecule has 0 radical (unpaired) electrons. The highest BCUT2D eigenvalue weighted by Crippen LogP contribution is 2.60. The minimum Gasteiger partial charge on any atom is -0.0798 e. The van der Waals surface area contributed by atoms with Crippen molar-refractivity contribution in [2.75, 3.05) is 0 Å². The third-order valence-corrected chi connectivity index (χ3v) is 8.18. The highest BCUT2D eigenvalue weighted by Gasteiger charge is 2.56. The summed E-state index contributed by atoms with van der Waals surface area (Å²) in [4.78, 5) is 0. The van der Waals surface area contributed by atoms with E-state index in [1.165, 1.54) is 38.1 Å². The minimum atomic E-state index is 0.507. The second-order valence-electron chi connectivity index (χ2n) is 10.3. The molecule has 0 aliphatic carbocycles. The van der Waals surface area contributed by atoms with Gasteiger partial charge in [-0.1, -0.05) is 93.5 Å². The zero-order valence-electron chi connectivity index (χ0n) is 16.1. The van der Waals surface area contributed by atoms with Crippen molar-refractivity contribution >= 4 is 13.2 Å². The third kappa shape index (κ3) is 3.11. The van der Waals surface area contributed by atoms with Crippen molar-refractivity contribution in [3.63, 3.8) is 0 Å². The Morgan fingerprint density at radius 2 is 1.52 bits per heavy atom. The fourth-order valence-corrected chi connectivity index (χ4v) is 5.79. The molecule has 0 aromatic heterocycles. The first-order valence-electron chi connectivity index (χ1n) is 9.52. The van der Waals surface area contributed by atoms with Gasteiger partial charge in [-0.25, -0.2) is 0 Å². The summed E-state index contributed by atoms with van der Waals surface area (Å²) in [6.45, 7) is 22.1. The molecule has 0 aromatic rings. The molecular weight excluding hydrogens is 250 g/mol. The second-order valence-corrected chi connectivity index (χ2v) is 10.3. The molecule has 0 nitrogen and oxygen atoms in total. The van der Waals surface area contributed by atoms with Crippen LogP contribution in [0, 0.1) is 28.1 Å². The van der Waals surface area contributed by atoms with Crippen molar-refractivity contribution < 1.29 is 0 Å². The molecule has 3 unspecified atom stereocenters. The lowest BCUT2D eigenvalue weighted by molar-refractivity contribution is 0.0478. The third-order valence-electron chi connectivity index (χ3n) is 8.18. The number of hydrogen-bond acceptors (Lipinski definition) is 0. The van der Waals surface area contributed by atoms with Gasteiger partial charge in [0.25, 0.3) is 0 Å². The molecule has 0 spiro atoms. The Bertz CT molecular complexity index is 374. The monoisotopic (exact) mass is 288 g/mol. The molecule has 3 atom stereocenters. The van der Waals surface area contributed by atoms with Gasteiger partial charge in [0, 0.05) is 0 Å². The zero-order valence-corrected chi connectivity index (χ0v) is 16.1. The van der Waals surface area contributed by atoms with Gasteiger partial charge in [-0.15, -0.1) is 0 Å². The quantitative estimate of drug-likeness (QED) is 0.539. The molecule has 0 saturated carbocycles. The van der Waals surface area contributed by atoms with Crippen LogP contribution in [0.15, 0.2) is 0 Å². The minimum absolute atomic E-state index is 0.507. The smallest absolute Gasteiger partial charge is 0.0798 e. The van der Waals surface area contributed by atoms with Crippen LogP contribution in [-0.2, 0) is 0 Å². The van der Waals surface area contributed by atoms with Crippen molar-refractivity contribution in [3.8, 4) is 0 Å². The van der Waals surface area contributed by atoms with Gasteiger partial charge in [0.1, 0.15) is 13.2 Å². The van der Waals surface area contributed by atoms with Gasteiger partial charge in [0.05, 0.1) is 0 Å². The fourth-order valence-electron chi connectivity index (χ4n) is 5.79. The predicted octanol–water partition coefficient (Wildman–Crippen LogP) is 6.21. The van der Waals surface area contributed by atoms with Crippen molar-refractivity contribution in [1.82, 2.24) is 0 Å².